The molecule has 0 radical (unpaired) electrons. The first-order valence-electron chi connectivity index (χ1n) is 2.78. The van der Waals surface area contributed by atoms with Crippen LogP contribution >= 0.6 is 0 Å². The van der Waals surface area contributed by atoms with Gasteiger partial charge in [-0.05, 0) is 6.92 Å². The van der Waals surface area contributed by atoms with Crippen LogP contribution in [0.15, 0.2) is 0 Å². The number of carboxylic acid groups (broad SMARTS) is 1. The number of hydrogen-bond acceptors (Lipinski definition) is 4. The summed E-state index contributed by atoms with van der Waals surface area (Å²) < 4.78 is 20.8. The summed E-state index contributed by atoms with van der Waals surface area (Å²) in [7, 11) is -3.38. The summed E-state index contributed by atoms with van der Waals surface area (Å²) in [4.78, 5) is 12.0. The second-order valence-corrected chi connectivity index (χ2v) is 3.83. The third-order valence-corrected chi connectivity index (χ3v) is 1.32. The lowest BCUT2D eigenvalue weighted by Gasteiger charge is -2.07. The standard InChI is InChI=1S/C4H10N2O4S/c1-3(4(7)8)5-6-11(2,9)10/h3,5-6H,1-2H3,(H,7,8). The van der Waals surface area contributed by atoms with Crippen molar-refractivity contribution < 1.29 is 18.3 Å². The predicted molar refractivity (Wildman–Crippen MR) is 38.2 cm³/mol. The number of hydrazine groups is 1. The van der Waals surface area contributed by atoms with Gasteiger partial charge in [-0.15, -0.1) is 0 Å². The van der Waals surface area contributed by atoms with Gasteiger partial charge in [0, 0.05) is 0 Å². The molecule has 0 rings (SSSR count). The third-order valence-electron chi connectivity index (χ3n) is 0.831. The Hall–Kier alpha value is -0.660. The van der Waals surface area contributed by atoms with E-state index in [4.69, 9.17) is 5.11 Å². The van der Waals surface area contributed by atoms with Crippen LogP contribution in [-0.2, 0) is 14.8 Å². The number of carbonyl (C=O) groups is 1. The molecule has 66 valence electrons. The highest BCUT2D eigenvalue weighted by Gasteiger charge is 2.11. The van der Waals surface area contributed by atoms with Gasteiger partial charge in [0.1, 0.15) is 6.04 Å². The molecule has 0 bridgehead atoms. The van der Waals surface area contributed by atoms with E-state index in [2.05, 4.69) is 5.43 Å². The molecule has 1 unspecified atom stereocenters. The monoisotopic (exact) mass is 182 g/mol. The van der Waals surface area contributed by atoms with Gasteiger partial charge in [0.15, 0.2) is 0 Å². The molecule has 0 fully saturated rings. The van der Waals surface area contributed by atoms with Crippen LogP contribution in [-0.4, -0.2) is 31.8 Å². The maximum absolute atomic E-state index is 10.4. The summed E-state index contributed by atoms with van der Waals surface area (Å²) in [5, 5.41) is 8.28. The Balaban J connectivity index is 3.82. The van der Waals surface area contributed by atoms with Gasteiger partial charge in [-0.25, -0.2) is 13.8 Å². The molecule has 0 amide bonds. The minimum absolute atomic E-state index is 0.925. The fourth-order valence-electron chi connectivity index (χ4n) is 0.257. The number of hydrogen-bond donors (Lipinski definition) is 3. The zero-order valence-electron chi connectivity index (χ0n) is 6.16. The minimum Gasteiger partial charge on any atom is -0.480 e. The van der Waals surface area contributed by atoms with Gasteiger partial charge in [0.2, 0.25) is 10.0 Å². The highest BCUT2D eigenvalue weighted by atomic mass is 32.2. The lowest BCUT2D eigenvalue weighted by molar-refractivity contribution is -0.139. The largest absolute Gasteiger partial charge is 0.480 e. The van der Waals surface area contributed by atoms with E-state index in [9.17, 15) is 13.2 Å². The van der Waals surface area contributed by atoms with E-state index < -0.39 is 22.0 Å². The van der Waals surface area contributed by atoms with Crippen LogP contribution in [0.5, 0.6) is 0 Å². The van der Waals surface area contributed by atoms with Crippen molar-refractivity contribution in [2.45, 2.75) is 13.0 Å². The molecule has 0 saturated heterocycles. The first kappa shape index (κ1) is 10.3. The summed E-state index contributed by atoms with van der Waals surface area (Å²) in [5.41, 5.74) is 2.08. The van der Waals surface area contributed by atoms with Crippen LogP contribution in [0, 0.1) is 0 Å². The van der Waals surface area contributed by atoms with Gasteiger partial charge in [-0.2, -0.15) is 4.83 Å². The van der Waals surface area contributed by atoms with Gasteiger partial charge in [-0.1, -0.05) is 0 Å². The van der Waals surface area contributed by atoms with Gasteiger partial charge in [0.05, 0.1) is 6.26 Å². The lowest BCUT2D eigenvalue weighted by Crippen LogP contribution is -2.45. The number of aliphatic carboxylic acids is 1. The third kappa shape index (κ3) is 5.77. The molecule has 0 aromatic rings. The van der Waals surface area contributed by atoms with E-state index >= 15 is 0 Å². The zero-order valence-corrected chi connectivity index (χ0v) is 6.97. The minimum atomic E-state index is -3.38. The van der Waals surface area contributed by atoms with Crippen molar-refractivity contribution in [3.8, 4) is 0 Å². The van der Waals surface area contributed by atoms with Crippen molar-refractivity contribution in [2.24, 2.45) is 0 Å². The molecule has 0 aliphatic heterocycles. The smallest absolute Gasteiger partial charge is 0.321 e. The van der Waals surface area contributed by atoms with Crippen molar-refractivity contribution in [3.05, 3.63) is 0 Å². The number of carboxylic acids is 1. The number of sulfonamides is 1. The van der Waals surface area contributed by atoms with E-state index in [1.807, 2.05) is 4.83 Å². The summed E-state index contributed by atoms with van der Waals surface area (Å²) in [5.74, 6) is -1.12. The van der Waals surface area contributed by atoms with Crippen molar-refractivity contribution >= 4 is 16.0 Å². The molecule has 0 aliphatic rings. The first-order chi connectivity index (χ1) is 4.83. The lowest BCUT2D eigenvalue weighted by atomic mass is 10.4. The molecule has 6 nitrogen and oxygen atoms in total. The van der Waals surface area contributed by atoms with Crippen LogP contribution in [0.25, 0.3) is 0 Å². The van der Waals surface area contributed by atoms with Crippen LogP contribution in [0.2, 0.25) is 0 Å². The van der Waals surface area contributed by atoms with Gasteiger partial charge in [0.25, 0.3) is 0 Å². The molecule has 7 heteroatoms. The molecule has 11 heavy (non-hydrogen) atoms. The molecular weight excluding hydrogens is 172 g/mol. The van der Waals surface area contributed by atoms with Crippen molar-refractivity contribution in [3.63, 3.8) is 0 Å². The average molecular weight is 182 g/mol. The Morgan fingerprint density at radius 3 is 2.27 bits per heavy atom. The molecule has 0 aromatic carbocycles. The Kier molecular flexibility index (Phi) is 3.43. The Bertz CT molecular complexity index is 234. The number of rotatable bonds is 4. The quantitative estimate of drug-likeness (QED) is 0.460. The maximum atomic E-state index is 10.4. The van der Waals surface area contributed by atoms with E-state index in [-0.39, 0.29) is 0 Å². The Morgan fingerprint density at radius 1 is 1.55 bits per heavy atom. The van der Waals surface area contributed by atoms with E-state index in [0.29, 0.717) is 0 Å². The first-order valence-corrected chi connectivity index (χ1v) is 4.67. The van der Waals surface area contributed by atoms with E-state index in [1.165, 1.54) is 6.92 Å². The fourth-order valence-corrected chi connectivity index (χ4v) is 0.648. The Labute approximate surface area is 64.6 Å². The average Bonchev–Trinajstić information content (AvgIpc) is 1.80. The highest BCUT2D eigenvalue weighted by Crippen LogP contribution is 1.78. The predicted octanol–water partition coefficient (Wildman–Crippen LogP) is -1.49. The van der Waals surface area contributed by atoms with Crippen LogP contribution < -0.4 is 10.3 Å². The van der Waals surface area contributed by atoms with Crippen molar-refractivity contribution in [2.75, 3.05) is 6.26 Å². The van der Waals surface area contributed by atoms with Gasteiger partial charge in [-0.3, -0.25) is 4.79 Å². The highest BCUT2D eigenvalue weighted by molar-refractivity contribution is 7.88. The molecule has 1 atom stereocenters. The van der Waals surface area contributed by atoms with E-state index in [0.717, 1.165) is 6.26 Å². The van der Waals surface area contributed by atoms with Gasteiger partial charge < -0.3 is 5.11 Å². The topological polar surface area (TPSA) is 95.5 Å². The molecule has 3 N–H and O–H groups in total. The van der Waals surface area contributed by atoms with Crippen molar-refractivity contribution in [1.82, 2.24) is 10.3 Å². The number of nitrogens with one attached hydrogen (secondary N) is 2. The Morgan fingerprint density at radius 2 is 2.00 bits per heavy atom. The molecule has 0 aliphatic carbocycles. The summed E-state index contributed by atoms with van der Waals surface area (Å²) in [6.07, 6.45) is 0.925. The van der Waals surface area contributed by atoms with Crippen LogP contribution in [0.3, 0.4) is 0 Å². The fraction of sp³-hybridized carbons (Fsp3) is 0.750. The summed E-state index contributed by atoms with van der Waals surface area (Å²) >= 11 is 0. The molecule has 0 saturated carbocycles. The van der Waals surface area contributed by atoms with Gasteiger partial charge >= 0.3 is 5.97 Å². The molecule has 0 heterocycles. The van der Waals surface area contributed by atoms with Crippen molar-refractivity contribution in [1.29, 1.82) is 0 Å². The molecule has 0 aromatic heterocycles. The normalized spacial score (nSPS) is 14.4. The molecular formula is C4H10N2O4S. The zero-order chi connectivity index (χ0) is 9.07. The van der Waals surface area contributed by atoms with E-state index in [1.54, 1.807) is 0 Å². The summed E-state index contributed by atoms with van der Waals surface area (Å²) in [6.45, 7) is 1.32. The maximum Gasteiger partial charge on any atom is 0.321 e. The molecule has 0 spiro atoms. The second-order valence-electron chi connectivity index (χ2n) is 2.08. The van der Waals surface area contributed by atoms with Crippen LogP contribution in [0.4, 0.5) is 0 Å². The second kappa shape index (κ2) is 3.65. The van der Waals surface area contributed by atoms with Crippen LogP contribution in [0.1, 0.15) is 6.92 Å². The summed E-state index contributed by atoms with van der Waals surface area (Å²) in [6, 6.07) is -0.940. The SMILES string of the molecule is CC(NNS(C)(=O)=O)C(=O)O.